The standard InChI is InChI=1S/C13H15NO/c1-10(15)12-4-2-3-5-13(12)11-6-8-14-9-7-11/h2-6,14H,7-9H2,1H3. The molecule has 0 spiro atoms. The Morgan fingerprint density at radius 2 is 2.13 bits per heavy atom. The minimum absolute atomic E-state index is 0.144. The van der Waals surface area contributed by atoms with Crippen LogP contribution in [0, 0.1) is 0 Å². The van der Waals surface area contributed by atoms with Gasteiger partial charge in [-0.05, 0) is 31.0 Å². The lowest BCUT2D eigenvalue weighted by molar-refractivity contribution is 0.101. The number of Topliss-reactive ketones (excluding diaryl/α,β-unsaturated/α-hetero) is 1. The molecular weight excluding hydrogens is 186 g/mol. The van der Waals surface area contributed by atoms with Crippen LogP contribution < -0.4 is 5.32 Å². The molecule has 0 bridgehead atoms. The summed E-state index contributed by atoms with van der Waals surface area (Å²) in [6.07, 6.45) is 3.18. The minimum atomic E-state index is 0.144. The van der Waals surface area contributed by atoms with Crippen LogP contribution in [0.25, 0.3) is 5.57 Å². The van der Waals surface area contributed by atoms with Gasteiger partial charge in [0.1, 0.15) is 0 Å². The van der Waals surface area contributed by atoms with Gasteiger partial charge in [-0.25, -0.2) is 0 Å². The number of benzene rings is 1. The van der Waals surface area contributed by atoms with E-state index in [2.05, 4.69) is 11.4 Å². The summed E-state index contributed by atoms with van der Waals surface area (Å²) in [7, 11) is 0. The van der Waals surface area contributed by atoms with Crippen molar-refractivity contribution in [2.45, 2.75) is 13.3 Å². The summed E-state index contributed by atoms with van der Waals surface area (Å²) >= 11 is 0. The highest BCUT2D eigenvalue weighted by Crippen LogP contribution is 2.23. The molecule has 1 aliphatic heterocycles. The molecule has 1 aromatic rings. The number of carbonyl (C=O) groups excluding carboxylic acids is 1. The van der Waals surface area contributed by atoms with Crippen molar-refractivity contribution in [1.29, 1.82) is 0 Å². The zero-order valence-corrected chi connectivity index (χ0v) is 8.92. The molecule has 2 nitrogen and oxygen atoms in total. The number of rotatable bonds is 2. The van der Waals surface area contributed by atoms with Crippen molar-refractivity contribution in [2.75, 3.05) is 13.1 Å². The molecule has 0 atom stereocenters. The molecule has 0 saturated carbocycles. The van der Waals surface area contributed by atoms with Gasteiger partial charge in [-0.15, -0.1) is 0 Å². The van der Waals surface area contributed by atoms with Crippen LogP contribution in [0.2, 0.25) is 0 Å². The number of ketones is 1. The third-order valence-corrected chi connectivity index (χ3v) is 2.72. The first kappa shape index (κ1) is 10.1. The van der Waals surface area contributed by atoms with Crippen LogP contribution in [-0.4, -0.2) is 18.9 Å². The monoisotopic (exact) mass is 201 g/mol. The first-order valence-corrected chi connectivity index (χ1v) is 5.29. The normalized spacial score (nSPS) is 15.9. The van der Waals surface area contributed by atoms with E-state index < -0.39 is 0 Å². The van der Waals surface area contributed by atoms with E-state index in [0.717, 1.165) is 30.6 Å². The summed E-state index contributed by atoms with van der Waals surface area (Å²) < 4.78 is 0. The Labute approximate surface area is 90.0 Å². The summed E-state index contributed by atoms with van der Waals surface area (Å²) in [5.74, 6) is 0.144. The van der Waals surface area contributed by atoms with Crippen LogP contribution in [0.15, 0.2) is 30.3 Å². The lowest BCUT2D eigenvalue weighted by Gasteiger charge is -2.16. The molecule has 0 aliphatic carbocycles. The zero-order chi connectivity index (χ0) is 10.7. The van der Waals surface area contributed by atoms with Crippen molar-refractivity contribution >= 4 is 11.4 Å². The summed E-state index contributed by atoms with van der Waals surface area (Å²) in [4.78, 5) is 11.5. The van der Waals surface area contributed by atoms with Gasteiger partial charge in [0, 0.05) is 12.1 Å². The molecule has 0 amide bonds. The lowest BCUT2D eigenvalue weighted by Crippen LogP contribution is -2.20. The Hall–Kier alpha value is -1.41. The fourth-order valence-electron chi connectivity index (χ4n) is 1.94. The maximum Gasteiger partial charge on any atom is 0.160 e. The summed E-state index contributed by atoms with van der Waals surface area (Å²) in [5, 5.41) is 3.27. The largest absolute Gasteiger partial charge is 0.313 e. The van der Waals surface area contributed by atoms with Crippen LogP contribution in [0.5, 0.6) is 0 Å². The quantitative estimate of drug-likeness (QED) is 0.744. The molecule has 1 aliphatic rings. The summed E-state index contributed by atoms with van der Waals surface area (Å²) in [6, 6.07) is 7.85. The molecule has 0 fully saturated rings. The molecule has 2 rings (SSSR count). The number of nitrogens with one attached hydrogen (secondary N) is 1. The van der Waals surface area contributed by atoms with Gasteiger partial charge in [0.2, 0.25) is 0 Å². The van der Waals surface area contributed by atoms with E-state index >= 15 is 0 Å². The first-order chi connectivity index (χ1) is 7.29. The van der Waals surface area contributed by atoms with Crippen LogP contribution in [-0.2, 0) is 0 Å². The Kier molecular flexibility index (Phi) is 2.97. The van der Waals surface area contributed by atoms with E-state index in [0.29, 0.717) is 0 Å². The van der Waals surface area contributed by atoms with Crippen LogP contribution in [0.4, 0.5) is 0 Å². The van der Waals surface area contributed by atoms with Crippen LogP contribution in [0.1, 0.15) is 29.3 Å². The lowest BCUT2D eigenvalue weighted by atomic mass is 9.94. The molecule has 2 heteroatoms. The minimum Gasteiger partial charge on any atom is -0.313 e. The van der Waals surface area contributed by atoms with Crippen molar-refractivity contribution in [3.05, 3.63) is 41.5 Å². The van der Waals surface area contributed by atoms with Gasteiger partial charge in [-0.2, -0.15) is 0 Å². The number of carbonyl (C=O) groups is 1. The molecule has 15 heavy (non-hydrogen) atoms. The molecule has 1 aromatic carbocycles. The third-order valence-electron chi connectivity index (χ3n) is 2.72. The van der Waals surface area contributed by atoms with Crippen molar-refractivity contribution in [3.63, 3.8) is 0 Å². The Morgan fingerprint density at radius 3 is 2.80 bits per heavy atom. The Bertz CT molecular complexity index is 407. The highest BCUT2D eigenvalue weighted by atomic mass is 16.1. The second-order valence-corrected chi connectivity index (χ2v) is 3.79. The maximum absolute atomic E-state index is 11.5. The van der Waals surface area contributed by atoms with E-state index in [-0.39, 0.29) is 5.78 Å². The first-order valence-electron chi connectivity index (χ1n) is 5.29. The average molecular weight is 201 g/mol. The zero-order valence-electron chi connectivity index (χ0n) is 8.92. The molecular formula is C13H15NO. The van der Waals surface area contributed by atoms with Crippen LogP contribution in [0.3, 0.4) is 0 Å². The van der Waals surface area contributed by atoms with E-state index in [1.165, 1.54) is 5.57 Å². The molecule has 0 aromatic heterocycles. The molecule has 0 saturated heterocycles. The Morgan fingerprint density at radius 1 is 1.33 bits per heavy atom. The predicted molar refractivity (Wildman–Crippen MR) is 61.9 cm³/mol. The number of hydrogen-bond donors (Lipinski definition) is 1. The smallest absolute Gasteiger partial charge is 0.160 e. The van der Waals surface area contributed by atoms with Crippen LogP contribution >= 0.6 is 0 Å². The topological polar surface area (TPSA) is 29.1 Å². The average Bonchev–Trinajstić information content (AvgIpc) is 2.30. The van der Waals surface area contributed by atoms with Gasteiger partial charge in [0.25, 0.3) is 0 Å². The van der Waals surface area contributed by atoms with Crippen molar-refractivity contribution in [3.8, 4) is 0 Å². The Balaban J connectivity index is 2.42. The van der Waals surface area contributed by atoms with Gasteiger partial charge in [0.05, 0.1) is 0 Å². The second-order valence-electron chi connectivity index (χ2n) is 3.79. The van der Waals surface area contributed by atoms with E-state index in [1.54, 1.807) is 6.92 Å². The van der Waals surface area contributed by atoms with Crippen molar-refractivity contribution < 1.29 is 4.79 Å². The summed E-state index contributed by atoms with van der Waals surface area (Å²) in [5.41, 5.74) is 3.23. The molecule has 78 valence electrons. The molecule has 1 heterocycles. The number of hydrogen-bond acceptors (Lipinski definition) is 2. The third kappa shape index (κ3) is 2.16. The molecule has 1 N–H and O–H groups in total. The van der Waals surface area contributed by atoms with Gasteiger partial charge in [-0.3, -0.25) is 4.79 Å². The van der Waals surface area contributed by atoms with E-state index in [1.807, 2.05) is 24.3 Å². The summed E-state index contributed by atoms with van der Waals surface area (Å²) in [6.45, 7) is 3.53. The van der Waals surface area contributed by atoms with Crippen molar-refractivity contribution in [2.24, 2.45) is 0 Å². The highest BCUT2D eigenvalue weighted by Gasteiger charge is 2.11. The van der Waals surface area contributed by atoms with Gasteiger partial charge in [0.15, 0.2) is 5.78 Å². The predicted octanol–water partition coefficient (Wildman–Crippen LogP) is 2.27. The van der Waals surface area contributed by atoms with E-state index in [4.69, 9.17) is 0 Å². The van der Waals surface area contributed by atoms with E-state index in [9.17, 15) is 4.79 Å². The molecule has 0 unspecified atom stereocenters. The SMILES string of the molecule is CC(=O)c1ccccc1C1=CCNCC1. The van der Waals surface area contributed by atoms with Gasteiger partial charge >= 0.3 is 0 Å². The van der Waals surface area contributed by atoms with Gasteiger partial charge in [-0.1, -0.05) is 30.3 Å². The highest BCUT2D eigenvalue weighted by molar-refractivity contribution is 5.99. The fraction of sp³-hybridized carbons (Fsp3) is 0.308. The van der Waals surface area contributed by atoms with Gasteiger partial charge < -0.3 is 5.32 Å². The van der Waals surface area contributed by atoms with Crippen molar-refractivity contribution in [1.82, 2.24) is 5.32 Å². The molecule has 0 radical (unpaired) electrons. The maximum atomic E-state index is 11.5. The fourth-order valence-corrected chi connectivity index (χ4v) is 1.94. The second kappa shape index (κ2) is 4.41.